The summed E-state index contributed by atoms with van der Waals surface area (Å²) in [5, 5.41) is 18.4. The fourth-order valence-corrected chi connectivity index (χ4v) is 0.984. The van der Waals surface area contributed by atoms with E-state index in [0.717, 1.165) is 0 Å². The molecule has 1 aromatic rings. The summed E-state index contributed by atoms with van der Waals surface area (Å²) in [6, 6.07) is 9.16. The van der Waals surface area contributed by atoms with Crippen molar-refractivity contribution in [3.8, 4) is 0 Å². The molecule has 0 radical (unpaired) electrons. The van der Waals surface area contributed by atoms with Crippen LogP contribution in [0.2, 0.25) is 0 Å². The van der Waals surface area contributed by atoms with Crippen molar-refractivity contribution in [2.75, 3.05) is 31.7 Å². The molecule has 0 aliphatic rings. The molecule has 84 valence electrons. The van der Waals surface area contributed by atoms with E-state index in [1.807, 2.05) is 18.2 Å². The quantitative estimate of drug-likeness (QED) is 0.639. The number of rotatable bonds is 7. The van der Waals surface area contributed by atoms with Crippen LogP contribution in [-0.2, 0) is 9.68 Å². The van der Waals surface area contributed by atoms with Gasteiger partial charge in [-0.2, -0.15) is 0 Å². The molecule has 0 fully saturated rings. The maximum atomic E-state index is 8.63. The van der Waals surface area contributed by atoms with Crippen molar-refractivity contribution in [3.05, 3.63) is 30.3 Å². The second kappa shape index (κ2) is 7.19. The summed E-state index contributed by atoms with van der Waals surface area (Å²) < 4.78 is 0. The highest BCUT2D eigenvalue weighted by Gasteiger charge is 2.06. The Bertz CT molecular complexity index is 247. The molecule has 0 aromatic heterocycles. The van der Waals surface area contributed by atoms with E-state index in [1.54, 1.807) is 12.1 Å². The molecule has 15 heavy (non-hydrogen) atoms. The zero-order valence-corrected chi connectivity index (χ0v) is 8.37. The monoisotopic (exact) mass is 213 g/mol. The van der Waals surface area contributed by atoms with E-state index in [1.165, 1.54) is 5.23 Å². The van der Waals surface area contributed by atoms with Crippen LogP contribution in [0.3, 0.4) is 0 Å². The standard InChI is InChI=1S/C10H15NO4/c12-6-8-14-11(15-9-7-13)10-4-2-1-3-5-10/h1-5,12-13H,6-9H2. The molecule has 1 aromatic carbocycles. The number of hydrogen-bond acceptors (Lipinski definition) is 5. The third kappa shape index (κ3) is 4.26. The number of benzene rings is 1. The minimum atomic E-state index is -0.0914. The van der Waals surface area contributed by atoms with Crippen LogP contribution in [0.1, 0.15) is 0 Å². The predicted octanol–water partition coefficient (Wildman–Crippen LogP) is 0.341. The highest BCUT2D eigenvalue weighted by atomic mass is 16.9. The average molecular weight is 213 g/mol. The molecule has 2 N–H and O–H groups in total. The first-order valence-electron chi connectivity index (χ1n) is 4.71. The normalized spacial score (nSPS) is 10.3. The lowest BCUT2D eigenvalue weighted by atomic mass is 10.3. The number of hydrogen-bond donors (Lipinski definition) is 2. The lowest BCUT2D eigenvalue weighted by molar-refractivity contribution is -0.103. The summed E-state index contributed by atoms with van der Waals surface area (Å²) in [4.78, 5) is 10.3. The van der Waals surface area contributed by atoms with Gasteiger partial charge in [-0.1, -0.05) is 18.2 Å². The highest BCUT2D eigenvalue weighted by Crippen LogP contribution is 2.13. The molecule has 0 saturated heterocycles. The third-order valence-electron chi connectivity index (χ3n) is 1.57. The second-order valence-corrected chi connectivity index (χ2v) is 2.71. The molecule has 0 heterocycles. The maximum Gasteiger partial charge on any atom is 0.101 e. The van der Waals surface area contributed by atoms with Gasteiger partial charge in [-0.15, -0.1) is 5.23 Å². The SMILES string of the molecule is OCCON(OCCO)c1ccccc1. The molecular weight excluding hydrogens is 198 g/mol. The van der Waals surface area contributed by atoms with E-state index >= 15 is 0 Å². The largest absolute Gasteiger partial charge is 0.394 e. The molecule has 0 atom stereocenters. The summed E-state index contributed by atoms with van der Waals surface area (Å²) in [6.07, 6.45) is 0. The first-order valence-corrected chi connectivity index (χ1v) is 4.71. The van der Waals surface area contributed by atoms with Gasteiger partial charge in [0.1, 0.15) is 13.2 Å². The Kier molecular flexibility index (Phi) is 5.72. The molecule has 5 heteroatoms. The number of anilines is 1. The van der Waals surface area contributed by atoms with Gasteiger partial charge in [0.05, 0.1) is 18.9 Å². The van der Waals surface area contributed by atoms with Crippen molar-refractivity contribution in [1.82, 2.24) is 0 Å². The van der Waals surface area contributed by atoms with E-state index in [0.29, 0.717) is 5.69 Å². The van der Waals surface area contributed by atoms with Crippen LogP contribution >= 0.6 is 0 Å². The Morgan fingerprint density at radius 1 is 0.933 bits per heavy atom. The van der Waals surface area contributed by atoms with Crippen LogP contribution < -0.4 is 5.23 Å². The second-order valence-electron chi connectivity index (χ2n) is 2.71. The van der Waals surface area contributed by atoms with Gasteiger partial charge in [0, 0.05) is 0 Å². The number of aliphatic hydroxyl groups is 2. The van der Waals surface area contributed by atoms with Crippen LogP contribution in [0.5, 0.6) is 0 Å². The van der Waals surface area contributed by atoms with Gasteiger partial charge in [0.15, 0.2) is 0 Å². The van der Waals surface area contributed by atoms with Gasteiger partial charge in [0.2, 0.25) is 0 Å². The van der Waals surface area contributed by atoms with Crippen molar-refractivity contribution in [2.24, 2.45) is 0 Å². The molecule has 5 nitrogen and oxygen atoms in total. The van der Waals surface area contributed by atoms with Crippen LogP contribution in [0.15, 0.2) is 30.3 Å². The lowest BCUT2D eigenvalue weighted by Crippen LogP contribution is -2.26. The summed E-state index contributed by atoms with van der Waals surface area (Å²) in [7, 11) is 0. The van der Waals surface area contributed by atoms with Gasteiger partial charge in [-0.05, 0) is 12.1 Å². The molecule has 0 unspecified atom stereocenters. The highest BCUT2D eigenvalue weighted by molar-refractivity contribution is 5.40. The zero-order chi connectivity index (χ0) is 10.9. The summed E-state index contributed by atoms with van der Waals surface area (Å²) in [6.45, 7) is 0.0955. The Morgan fingerprint density at radius 3 is 1.93 bits per heavy atom. The fourth-order valence-electron chi connectivity index (χ4n) is 0.984. The summed E-state index contributed by atoms with van der Waals surface area (Å²) in [5.41, 5.74) is 0.708. The van der Waals surface area contributed by atoms with Gasteiger partial charge in [0.25, 0.3) is 0 Å². The van der Waals surface area contributed by atoms with E-state index < -0.39 is 0 Å². The van der Waals surface area contributed by atoms with E-state index in [4.69, 9.17) is 19.9 Å². The van der Waals surface area contributed by atoms with Crippen LogP contribution in [-0.4, -0.2) is 36.6 Å². The number of aliphatic hydroxyl groups excluding tert-OH is 2. The van der Waals surface area contributed by atoms with Crippen molar-refractivity contribution >= 4 is 5.69 Å². The number of para-hydroxylation sites is 1. The smallest absolute Gasteiger partial charge is 0.101 e. The molecule has 1 rings (SSSR count). The lowest BCUT2D eigenvalue weighted by Gasteiger charge is -2.21. The van der Waals surface area contributed by atoms with Crippen molar-refractivity contribution < 1.29 is 19.9 Å². The van der Waals surface area contributed by atoms with E-state index in [2.05, 4.69) is 0 Å². The first-order chi connectivity index (χ1) is 7.38. The minimum absolute atomic E-state index is 0.0914. The average Bonchev–Trinajstić information content (AvgIpc) is 2.30. The third-order valence-corrected chi connectivity index (χ3v) is 1.57. The topological polar surface area (TPSA) is 62.2 Å². The Hall–Kier alpha value is -1.14. The molecule has 0 spiro atoms. The summed E-state index contributed by atoms with van der Waals surface area (Å²) in [5.74, 6) is 0. The van der Waals surface area contributed by atoms with Crippen LogP contribution in [0.25, 0.3) is 0 Å². The molecule has 0 aliphatic carbocycles. The summed E-state index contributed by atoms with van der Waals surface area (Å²) >= 11 is 0. The van der Waals surface area contributed by atoms with Crippen LogP contribution in [0.4, 0.5) is 5.69 Å². The Morgan fingerprint density at radius 2 is 1.47 bits per heavy atom. The fraction of sp³-hybridized carbons (Fsp3) is 0.400. The van der Waals surface area contributed by atoms with Crippen LogP contribution in [0, 0.1) is 0 Å². The van der Waals surface area contributed by atoms with E-state index in [-0.39, 0.29) is 26.4 Å². The van der Waals surface area contributed by atoms with Gasteiger partial charge in [-0.25, -0.2) is 9.68 Å². The van der Waals surface area contributed by atoms with Gasteiger partial charge in [-0.3, -0.25) is 0 Å². The minimum Gasteiger partial charge on any atom is -0.394 e. The predicted molar refractivity (Wildman–Crippen MR) is 55.0 cm³/mol. The molecule has 0 aliphatic heterocycles. The maximum absolute atomic E-state index is 8.63. The van der Waals surface area contributed by atoms with Crippen molar-refractivity contribution in [2.45, 2.75) is 0 Å². The van der Waals surface area contributed by atoms with E-state index in [9.17, 15) is 0 Å². The first kappa shape index (κ1) is 11.9. The Labute approximate surface area is 88.4 Å². The van der Waals surface area contributed by atoms with Crippen molar-refractivity contribution in [1.29, 1.82) is 0 Å². The molecular formula is C10H15NO4. The Balaban J connectivity index is 2.55. The van der Waals surface area contributed by atoms with Crippen molar-refractivity contribution in [3.63, 3.8) is 0 Å². The van der Waals surface area contributed by atoms with Gasteiger partial charge >= 0.3 is 0 Å². The molecule has 0 bridgehead atoms. The molecule has 0 saturated carbocycles. The zero-order valence-electron chi connectivity index (χ0n) is 8.37. The number of nitrogens with zero attached hydrogens (tertiary/aromatic N) is 1. The molecule has 0 amide bonds. The van der Waals surface area contributed by atoms with Gasteiger partial charge < -0.3 is 10.2 Å².